The second-order valence-corrected chi connectivity index (χ2v) is 4.76. The predicted molar refractivity (Wildman–Crippen MR) is 76.4 cm³/mol. The first kappa shape index (κ1) is 12.7. The number of nitrogens with zero attached hydrogens (tertiary/aromatic N) is 4. The van der Waals surface area contributed by atoms with Crippen LogP contribution >= 0.6 is 0 Å². The largest absolute Gasteiger partial charge is 0.377 e. The summed E-state index contributed by atoms with van der Waals surface area (Å²) < 4.78 is 7.20. The molecular formula is C15H16N4O. The van der Waals surface area contributed by atoms with Crippen LogP contribution in [0.1, 0.15) is 24.4 Å². The fourth-order valence-corrected chi connectivity index (χ4v) is 2.13. The summed E-state index contributed by atoms with van der Waals surface area (Å²) in [5, 5.41) is 8.00. The van der Waals surface area contributed by atoms with Gasteiger partial charge in [-0.3, -0.25) is 4.40 Å². The monoisotopic (exact) mass is 268 g/mol. The standard InChI is InChI=1S/C15H16N4O/c1-10(20-3)12-4-6-13(7-5-12)14-8-16-15-18-17-11(2)19(15)9-14/h4-10H,1-3H3. The molecule has 102 valence electrons. The van der Waals surface area contributed by atoms with Crippen molar-refractivity contribution in [1.82, 2.24) is 19.6 Å². The third-order valence-corrected chi connectivity index (χ3v) is 3.50. The van der Waals surface area contributed by atoms with Crippen LogP contribution in [0.2, 0.25) is 0 Å². The summed E-state index contributed by atoms with van der Waals surface area (Å²) in [4.78, 5) is 4.32. The van der Waals surface area contributed by atoms with E-state index in [-0.39, 0.29) is 6.10 Å². The normalized spacial score (nSPS) is 12.8. The van der Waals surface area contributed by atoms with E-state index in [4.69, 9.17) is 4.74 Å². The Balaban J connectivity index is 1.99. The highest BCUT2D eigenvalue weighted by Crippen LogP contribution is 2.22. The number of hydrogen-bond acceptors (Lipinski definition) is 4. The van der Waals surface area contributed by atoms with Crippen LogP contribution < -0.4 is 0 Å². The Bertz CT molecular complexity index is 733. The van der Waals surface area contributed by atoms with Crippen molar-refractivity contribution >= 4 is 5.78 Å². The molecule has 0 aliphatic rings. The molecular weight excluding hydrogens is 252 g/mol. The molecule has 0 saturated carbocycles. The highest BCUT2D eigenvalue weighted by molar-refractivity contribution is 5.63. The van der Waals surface area contributed by atoms with E-state index >= 15 is 0 Å². The summed E-state index contributed by atoms with van der Waals surface area (Å²) in [6.07, 6.45) is 3.93. The Labute approximate surface area is 117 Å². The number of aryl methyl sites for hydroxylation is 1. The van der Waals surface area contributed by atoms with Gasteiger partial charge in [-0.2, -0.15) is 0 Å². The minimum Gasteiger partial charge on any atom is -0.377 e. The van der Waals surface area contributed by atoms with Gasteiger partial charge in [-0.15, -0.1) is 10.2 Å². The molecule has 0 spiro atoms. The molecule has 5 heteroatoms. The van der Waals surface area contributed by atoms with E-state index < -0.39 is 0 Å². The number of rotatable bonds is 3. The zero-order valence-electron chi connectivity index (χ0n) is 11.7. The van der Waals surface area contributed by atoms with E-state index in [2.05, 4.69) is 39.4 Å². The summed E-state index contributed by atoms with van der Waals surface area (Å²) in [5.74, 6) is 1.45. The molecule has 0 aliphatic carbocycles. The fraction of sp³-hybridized carbons (Fsp3) is 0.267. The number of hydrogen-bond donors (Lipinski definition) is 0. The smallest absolute Gasteiger partial charge is 0.254 e. The Kier molecular flexibility index (Phi) is 3.20. The van der Waals surface area contributed by atoms with Gasteiger partial charge in [0.1, 0.15) is 5.82 Å². The summed E-state index contributed by atoms with van der Waals surface area (Å²) in [6.45, 7) is 3.94. The molecule has 3 rings (SSSR count). The molecule has 0 N–H and O–H groups in total. The lowest BCUT2D eigenvalue weighted by Crippen LogP contribution is -1.96. The van der Waals surface area contributed by atoms with Gasteiger partial charge in [0.05, 0.1) is 6.10 Å². The van der Waals surface area contributed by atoms with Crippen molar-refractivity contribution in [2.24, 2.45) is 0 Å². The van der Waals surface area contributed by atoms with Gasteiger partial charge in [0.25, 0.3) is 5.78 Å². The highest BCUT2D eigenvalue weighted by Gasteiger charge is 2.07. The van der Waals surface area contributed by atoms with E-state index in [0.717, 1.165) is 22.5 Å². The summed E-state index contributed by atoms with van der Waals surface area (Å²) in [7, 11) is 1.71. The highest BCUT2D eigenvalue weighted by atomic mass is 16.5. The van der Waals surface area contributed by atoms with Crippen LogP contribution in [0, 0.1) is 6.92 Å². The minimum atomic E-state index is 0.102. The van der Waals surface area contributed by atoms with Crippen molar-refractivity contribution in [2.45, 2.75) is 20.0 Å². The molecule has 1 aromatic carbocycles. The second kappa shape index (κ2) is 5.02. The molecule has 5 nitrogen and oxygen atoms in total. The van der Waals surface area contributed by atoms with Gasteiger partial charge in [0, 0.05) is 25.1 Å². The molecule has 1 atom stereocenters. The van der Waals surface area contributed by atoms with Crippen molar-refractivity contribution in [3.05, 3.63) is 48.0 Å². The van der Waals surface area contributed by atoms with Crippen molar-refractivity contribution in [3.63, 3.8) is 0 Å². The SMILES string of the molecule is COC(C)c1ccc(-c2cnc3nnc(C)n3c2)cc1. The van der Waals surface area contributed by atoms with Crippen LogP contribution in [0.4, 0.5) is 0 Å². The molecule has 3 aromatic rings. The molecule has 0 amide bonds. The second-order valence-electron chi connectivity index (χ2n) is 4.76. The average molecular weight is 268 g/mol. The number of aromatic nitrogens is 4. The van der Waals surface area contributed by atoms with Crippen LogP contribution in [0.5, 0.6) is 0 Å². The van der Waals surface area contributed by atoms with Crippen LogP contribution in [-0.4, -0.2) is 26.7 Å². The van der Waals surface area contributed by atoms with E-state index in [1.54, 1.807) is 7.11 Å². The van der Waals surface area contributed by atoms with Crippen LogP contribution in [0.15, 0.2) is 36.7 Å². The molecule has 0 saturated heterocycles. The van der Waals surface area contributed by atoms with Gasteiger partial charge in [-0.1, -0.05) is 24.3 Å². The average Bonchev–Trinajstić information content (AvgIpc) is 2.87. The van der Waals surface area contributed by atoms with Gasteiger partial charge < -0.3 is 4.74 Å². The zero-order valence-corrected chi connectivity index (χ0v) is 11.7. The number of methoxy groups -OCH3 is 1. The molecule has 0 fully saturated rings. The van der Waals surface area contributed by atoms with Crippen LogP contribution in [-0.2, 0) is 4.74 Å². The fourth-order valence-electron chi connectivity index (χ4n) is 2.13. The number of ether oxygens (including phenoxy) is 1. The summed E-state index contributed by atoms with van der Waals surface area (Å²) >= 11 is 0. The third kappa shape index (κ3) is 2.16. The first-order valence-corrected chi connectivity index (χ1v) is 6.49. The Morgan fingerprint density at radius 1 is 1.10 bits per heavy atom. The maximum absolute atomic E-state index is 5.31. The van der Waals surface area contributed by atoms with Crippen LogP contribution in [0.25, 0.3) is 16.9 Å². The molecule has 20 heavy (non-hydrogen) atoms. The van der Waals surface area contributed by atoms with E-state index in [9.17, 15) is 0 Å². The molecule has 2 heterocycles. The first-order valence-electron chi connectivity index (χ1n) is 6.49. The summed E-state index contributed by atoms with van der Waals surface area (Å²) in [5.41, 5.74) is 3.31. The molecule has 2 aromatic heterocycles. The zero-order chi connectivity index (χ0) is 14.1. The number of fused-ring (bicyclic) bond motifs is 1. The van der Waals surface area contributed by atoms with Crippen molar-refractivity contribution in [2.75, 3.05) is 7.11 Å². The van der Waals surface area contributed by atoms with Gasteiger partial charge in [-0.25, -0.2) is 4.98 Å². The van der Waals surface area contributed by atoms with E-state index in [1.165, 1.54) is 0 Å². The van der Waals surface area contributed by atoms with Crippen molar-refractivity contribution in [1.29, 1.82) is 0 Å². The lowest BCUT2D eigenvalue weighted by Gasteiger charge is -2.10. The molecule has 0 bridgehead atoms. The third-order valence-electron chi connectivity index (χ3n) is 3.50. The molecule has 0 radical (unpaired) electrons. The topological polar surface area (TPSA) is 52.3 Å². The lowest BCUT2D eigenvalue weighted by atomic mass is 10.0. The van der Waals surface area contributed by atoms with Gasteiger partial charge in [0.2, 0.25) is 0 Å². The molecule has 1 unspecified atom stereocenters. The molecule has 0 aliphatic heterocycles. The van der Waals surface area contributed by atoms with Gasteiger partial charge in [0.15, 0.2) is 0 Å². The first-order chi connectivity index (χ1) is 9.69. The minimum absolute atomic E-state index is 0.102. The Morgan fingerprint density at radius 3 is 2.55 bits per heavy atom. The van der Waals surface area contributed by atoms with Gasteiger partial charge >= 0.3 is 0 Å². The van der Waals surface area contributed by atoms with Crippen molar-refractivity contribution < 1.29 is 4.74 Å². The maximum atomic E-state index is 5.31. The predicted octanol–water partition coefficient (Wildman–Crippen LogP) is 2.81. The Morgan fingerprint density at radius 2 is 1.85 bits per heavy atom. The van der Waals surface area contributed by atoms with Crippen molar-refractivity contribution in [3.8, 4) is 11.1 Å². The Hall–Kier alpha value is -2.27. The van der Waals surface area contributed by atoms with Crippen LogP contribution in [0.3, 0.4) is 0 Å². The number of benzene rings is 1. The van der Waals surface area contributed by atoms with Gasteiger partial charge in [-0.05, 0) is 25.0 Å². The quantitative estimate of drug-likeness (QED) is 0.733. The summed E-state index contributed by atoms with van der Waals surface area (Å²) in [6, 6.07) is 8.31. The lowest BCUT2D eigenvalue weighted by molar-refractivity contribution is 0.119. The maximum Gasteiger partial charge on any atom is 0.254 e. The van der Waals surface area contributed by atoms with E-state index in [1.807, 2.05) is 30.6 Å². The van der Waals surface area contributed by atoms with E-state index in [0.29, 0.717) is 5.78 Å².